The second-order valence-corrected chi connectivity index (χ2v) is 5.71. The lowest BCUT2D eigenvalue weighted by molar-refractivity contribution is 0.195. The SMILES string of the molecule is Cc1cc(-c2ccn(C(=O)O)c(=O)c2C)ccc1-c1ccccc1. The lowest BCUT2D eigenvalue weighted by Crippen LogP contribution is -2.27. The molecule has 0 fully saturated rings. The molecule has 4 heteroatoms. The van der Waals surface area contributed by atoms with Gasteiger partial charge in [-0.15, -0.1) is 0 Å². The molecular formula is C20H17NO3. The lowest BCUT2D eigenvalue weighted by Gasteiger charge is -2.11. The summed E-state index contributed by atoms with van der Waals surface area (Å²) in [4.78, 5) is 23.2. The molecule has 24 heavy (non-hydrogen) atoms. The maximum Gasteiger partial charge on any atom is 0.418 e. The molecule has 0 saturated heterocycles. The largest absolute Gasteiger partial charge is 0.464 e. The summed E-state index contributed by atoms with van der Waals surface area (Å²) in [6, 6.07) is 17.8. The molecule has 1 heterocycles. The van der Waals surface area contributed by atoms with Gasteiger partial charge in [-0.25, -0.2) is 9.36 Å². The third kappa shape index (κ3) is 2.74. The first-order valence-corrected chi connectivity index (χ1v) is 7.61. The Morgan fingerprint density at radius 1 is 0.917 bits per heavy atom. The highest BCUT2D eigenvalue weighted by Gasteiger charge is 2.12. The number of carbonyl (C=O) groups is 1. The van der Waals surface area contributed by atoms with Crippen molar-refractivity contribution >= 4 is 6.09 Å². The topological polar surface area (TPSA) is 59.3 Å². The van der Waals surface area contributed by atoms with E-state index in [-0.39, 0.29) is 0 Å². The Hall–Kier alpha value is -3.14. The van der Waals surface area contributed by atoms with Gasteiger partial charge in [0.2, 0.25) is 0 Å². The van der Waals surface area contributed by atoms with Crippen molar-refractivity contribution in [3.63, 3.8) is 0 Å². The Labute approximate surface area is 139 Å². The zero-order chi connectivity index (χ0) is 17.3. The Morgan fingerprint density at radius 3 is 2.25 bits per heavy atom. The molecule has 0 radical (unpaired) electrons. The summed E-state index contributed by atoms with van der Waals surface area (Å²) in [5, 5.41) is 9.02. The number of aryl methyl sites for hydroxylation is 1. The number of hydrogen-bond acceptors (Lipinski definition) is 2. The monoisotopic (exact) mass is 319 g/mol. The Balaban J connectivity index is 2.09. The number of benzene rings is 2. The molecule has 3 aromatic rings. The van der Waals surface area contributed by atoms with Crippen LogP contribution in [0.4, 0.5) is 4.79 Å². The van der Waals surface area contributed by atoms with Crippen LogP contribution in [0.1, 0.15) is 11.1 Å². The summed E-state index contributed by atoms with van der Waals surface area (Å²) >= 11 is 0. The van der Waals surface area contributed by atoms with Gasteiger partial charge in [-0.2, -0.15) is 0 Å². The molecule has 0 atom stereocenters. The molecule has 0 aliphatic carbocycles. The Morgan fingerprint density at radius 2 is 1.62 bits per heavy atom. The van der Waals surface area contributed by atoms with Crippen LogP contribution in [0, 0.1) is 13.8 Å². The van der Waals surface area contributed by atoms with E-state index in [1.54, 1.807) is 13.0 Å². The highest BCUT2D eigenvalue weighted by atomic mass is 16.4. The number of carboxylic acid groups (broad SMARTS) is 1. The van der Waals surface area contributed by atoms with Crippen molar-refractivity contribution in [1.82, 2.24) is 4.57 Å². The van der Waals surface area contributed by atoms with Gasteiger partial charge < -0.3 is 5.11 Å². The van der Waals surface area contributed by atoms with Crippen LogP contribution in [-0.4, -0.2) is 15.8 Å². The van der Waals surface area contributed by atoms with E-state index in [1.165, 1.54) is 6.20 Å². The normalized spacial score (nSPS) is 10.6. The molecule has 3 rings (SSSR count). The van der Waals surface area contributed by atoms with Crippen LogP contribution in [0.25, 0.3) is 22.3 Å². The molecule has 2 aromatic carbocycles. The molecule has 0 spiro atoms. The fraction of sp³-hybridized carbons (Fsp3) is 0.100. The molecule has 120 valence electrons. The van der Waals surface area contributed by atoms with Crippen molar-refractivity contribution in [1.29, 1.82) is 0 Å². The Kier molecular flexibility index (Phi) is 4.04. The summed E-state index contributed by atoms with van der Waals surface area (Å²) in [6.45, 7) is 3.68. The van der Waals surface area contributed by atoms with E-state index in [0.717, 1.165) is 27.8 Å². The average molecular weight is 319 g/mol. The lowest BCUT2D eigenvalue weighted by atomic mass is 9.94. The zero-order valence-corrected chi connectivity index (χ0v) is 13.5. The molecular weight excluding hydrogens is 302 g/mol. The van der Waals surface area contributed by atoms with Crippen LogP contribution in [0.2, 0.25) is 0 Å². The summed E-state index contributed by atoms with van der Waals surface area (Å²) in [5.41, 5.74) is 4.94. The van der Waals surface area contributed by atoms with Gasteiger partial charge in [-0.3, -0.25) is 4.79 Å². The minimum absolute atomic E-state index is 0.423. The van der Waals surface area contributed by atoms with Gasteiger partial charge in [-0.1, -0.05) is 48.5 Å². The predicted molar refractivity (Wildman–Crippen MR) is 94.5 cm³/mol. The van der Waals surface area contributed by atoms with Crippen LogP contribution < -0.4 is 5.56 Å². The summed E-state index contributed by atoms with van der Waals surface area (Å²) in [7, 11) is 0. The van der Waals surface area contributed by atoms with Gasteiger partial charge in [0.1, 0.15) is 0 Å². The van der Waals surface area contributed by atoms with E-state index in [1.807, 2.05) is 43.3 Å². The molecule has 0 unspecified atom stereocenters. The number of pyridine rings is 1. The van der Waals surface area contributed by atoms with Crippen LogP contribution in [-0.2, 0) is 0 Å². The number of aromatic nitrogens is 1. The number of hydrogen-bond donors (Lipinski definition) is 1. The Bertz CT molecular complexity index is 972. The van der Waals surface area contributed by atoms with Gasteiger partial charge >= 0.3 is 6.09 Å². The predicted octanol–water partition coefficient (Wildman–Crippen LogP) is 4.33. The fourth-order valence-electron chi connectivity index (χ4n) is 2.87. The van der Waals surface area contributed by atoms with E-state index < -0.39 is 11.7 Å². The average Bonchev–Trinajstić information content (AvgIpc) is 2.57. The van der Waals surface area contributed by atoms with Crippen molar-refractivity contribution in [3.8, 4) is 22.3 Å². The highest BCUT2D eigenvalue weighted by molar-refractivity contribution is 5.76. The first-order chi connectivity index (χ1) is 11.5. The standard InChI is InChI=1S/C20H17NO3/c1-13-12-16(8-9-17(13)15-6-4-3-5-7-15)18-10-11-21(20(23)24)19(22)14(18)2/h3-12H,1-2H3,(H,23,24). The smallest absolute Gasteiger partial charge is 0.418 e. The molecule has 0 aliphatic heterocycles. The van der Waals surface area contributed by atoms with E-state index >= 15 is 0 Å². The van der Waals surface area contributed by atoms with Crippen LogP contribution in [0.3, 0.4) is 0 Å². The van der Waals surface area contributed by atoms with Crippen molar-refractivity contribution < 1.29 is 9.90 Å². The maximum absolute atomic E-state index is 12.2. The number of rotatable bonds is 2. The summed E-state index contributed by atoms with van der Waals surface area (Å²) < 4.78 is 0.698. The van der Waals surface area contributed by atoms with Crippen LogP contribution in [0.5, 0.6) is 0 Å². The first-order valence-electron chi connectivity index (χ1n) is 7.61. The minimum Gasteiger partial charge on any atom is -0.464 e. The molecule has 0 aliphatic rings. The van der Waals surface area contributed by atoms with Crippen molar-refractivity contribution in [2.24, 2.45) is 0 Å². The summed E-state index contributed by atoms with van der Waals surface area (Å²) in [6.07, 6.45) is 0.0261. The van der Waals surface area contributed by atoms with Crippen molar-refractivity contribution in [2.75, 3.05) is 0 Å². The van der Waals surface area contributed by atoms with Gasteiger partial charge in [0.15, 0.2) is 0 Å². The first kappa shape index (κ1) is 15.7. The molecule has 0 amide bonds. The van der Waals surface area contributed by atoms with Crippen LogP contribution >= 0.6 is 0 Å². The van der Waals surface area contributed by atoms with E-state index in [4.69, 9.17) is 5.11 Å². The molecule has 4 nitrogen and oxygen atoms in total. The van der Waals surface area contributed by atoms with E-state index in [2.05, 4.69) is 12.1 Å². The molecule has 0 bridgehead atoms. The van der Waals surface area contributed by atoms with Gasteiger partial charge in [0, 0.05) is 11.8 Å². The molecule has 1 aromatic heterocycles. The quantitative estimate of drug-likeness (QED) is 0.765. The third-order valence-electron chi connectivity index (χ3n) is 4.16. The molecule has 0 saturated carbocycles. The third-order valence-corrected chi connectivity index (χ3v) is 4.16. The highest BCUT2D eigenvalue weighted by Crippen LogP contribution is 2.29. The van der Waals surface area contributed by atoms with Crippen molar-refractivity contribution in [2.45, 2.75) is 13.8 Å². The zero-order valence-electron chi connectivity index (χ0n) is 13.5. The second kappa shape index (κ2) is 6.16. The minimum atomic E-state index is -1.27. The van der Waals surface area contributed by atoms with Gasteiger partial charge in [-0.05, 0) is 47.7 Å². The van der Waals surface area contributed by atoms with Gasteiger partial charge in [0.05, 0.1) is 0 Å². The van der Waals surface area contributed by atoms with E-state index in [9.17, 15) is 9.59 Å². The van der Waals surface area contributed by atoms with Crippen molar-refractivity contribution in [3.05, 3.63) is 82.3 Å². The number of nitrogens with zero attached hydrogens (tertiary/aromatic N) is 1. The van der Waals surface area contributed by atoms with Gasteiger partial charge in [0.25, 0.3) is 5.56 Å². The molecule has 1 N–H and O–H groups in total. The second-order valence-electron chi connectivity index (χ2n) is 5.71. The van der Waals surface area contributed by atoms with E-state index in [0.29, 0.717) is 10.1 Å². The van der Waals surface area contributed by atoms with Crippen LogP contribution in [0.15, 0.2) is 65.6 Å². The maximum atomic E-state index is 12.2. The summed E-state index contributed by atoms with van der Waals surface area (Å²) in [5.74, 6) is 0. The fourth-order valence-corrected chi connectivity index (χ4v) is 2.87.